The Bertz CT molecular complexity index is 920. The summed E-state index contributed by atoms with van der Waals surface area (Å²) in [5, 5.41) is 0.656. The molecular formula is C22H21ClN2O2S. The fourth-order valence-electron chi connectivity index (χ4n) is 3.51. The van der Waals surface area contributed by atoms with Crippen molar-refractivity contribution in [3.63, 3.8) is 0 Å². The van der Waals surface area contributed by atoms with Crippen LogP contribution in [-0.2, 0) is 9.59 Å². The fraction of sp³-hybridized carbons (Fsp3) is 0.273. The summed E-state index contributed by atoms with van der Waals surface area (Å²) in [5.41, 5.74) is 1.71. The van der Waals surface area contributed by atoms with Crippen molar-refractivity contribution in [2.45, 2.75) is 24.2 Å². The predicted molar refractivity (Wildman–Crippen MR) is 115 cm³/mol. The molecule has 0 N–H and O–H groups in total. The summed E-state index contributed by atoms with van der Waals surface area (Å²) < 4.78 is 0. The molecule has 0 atom stereocenters. The molecule has 0 bridgehead atoms. The van der Waals surface area contributed by atoms with Crippen molar-refractivity contribution in [3.05, 3.63) is 64.0 Å². The molecule has 144 valence electrons. The van der Waals surface area contributed by atoms with E-state index in [-0.39, 0.29) is 18.4 Å². The van der Waals surface area contributed by atoms with Crippen LogP contribution in [0.15, 0.2) is 58.3 Å². The maximum Gasteiger partial charge on any atom is 0.265 e. The second-order valence-corrected chi connectivity index (χ2v) is 8.48. The van der Waals surface area contributed by atoms with Gasteiger partial charge >= 0.3 is 0 Å². The molecule has 4 rings (SSSR count). The summed E-state index contributed by atoms with van der Waals surface area (Å²) in [7, 11) is 0. The lowest BCUT2D eigenvalue weighted by Crippen LogP contribution is -2.46. The SMILES string of the molecule is O=C(CN1C(=O)/C(=C\c2ccc(Cl)cc2)Sc2ccccc21)N1CCCCC1. The van der Waals surface area contributed by atoms with Gasteiger partial charge in [-0.1, -0.05) is 47.6 Å². The molecule has 2 aliphatic heterocycles. The average molecular weight is 413 g/mol. The van der Waals surface area contributed by atoms with Crippen molar-refractivity contribution in [1.82, 2.24) is 4.90 Å². The quantitative estimate of drug-likeness (QED) is 0.678. The van der Waals surface area contributed by atoms with Crippen LogP contribution in [0.4, 0.5) is 5.69 Å². The van der Waals surface area contributed by atoms with Crippen LogP contribution in [0.5, 0.6) is 0 Å². The van der Waals surface area contributed by atoms with Gasteiger partial charge in [0.2, 0.25) is 5.91 Å². The summed E-state index contributed by atoms with van der Waals surface area (Å²) in [4.78, 5) is 31.1. The van der Waals surface area contributed by atoms with E-state index in [1.54, 1.807) is 17.0 Å². The smallest absolute Gasteiger partial charge is 0.265 e. The molecule has 0 aliphatic carbocycles. The molecule has 0 aromatic heterocycles. The van der Waals surface area contributed by atoms with Crippen LogP contribution in [0.25, 0.3) is 6.08 Å². The van der Waals surface area contributed by atoms with Crippen LogP contribution < -0.4 is 4.90 Å². The van der Waals surface area contributed by atoms with E-state index in [0.29, 0.717) is 9.93 Å². The van der Waals surface area contributed by atoms with E-state index in [1.807, 2.05) is 47.4 Å². The predicted octanol–water partition coefficient (Wildman–Crippen LogP) is 4.83. The third kappa shape index (κ3) is 4.10. The normalized spacial score (nSPS) is 18.3. The van der Waals surface area contributed by atoms with Crippen LogP contribution >= 0.6 is 23.4 Å². The molecule has 2 aromatic rings. The van der Waals surface area contributed by atoms with Gasteiger partial charge in [0.25, 0.3) is 5.91 Å². The number of hydrogen-bond donors (Lipinski definition) is 0. The number of fused-ring (bicyclic) bond motifs is 1. The van der Waals surface area contributed by atoms with E-state index < -0.39 is 0 Å². The molecule has 2 heterocycles. The Hall–Kier alpha value is -2.24. The number of carbonyl (C=O) groups excluding carboxylic acids is 2. The lowest BCUT2D eigenvalue weighted by atomic mass is 10.1. The Morgan fingerprint density at radius 1 is 1.04 bits per heavy atom. The third-order valence-electron chi connectivity index (χ3n) is 5.00. The first-order valence-electron chi connectivity index (χ1n) is 9.45. The fourth-order valence-corrected chi connectivity index (χ4v) is 4.69. The molecule has 1 fully saturated rings. The van der Waals surface area contributed by atoms with Crippen LogP contribution in [0.3, 0.4) is 0 Å². The largest absolute Gasteiger partial charge is 0.341 e. The number of halogens is 1. The van der Waals surface area contributed by atoms with Gasteiger partial charge in [0.05, 0.1) is 10.6 Å². The van der Waals surface area contributed by atoms with E-state index in [9.17, 15) is 9.59 Å². The molecule has 0 unspecified atom stereocenters. The van der Waals surface area contributed by atoms with Crippen molar-refractivity contribution in [2.24, 2.45) is 0 Å². The third-order valence-corrected chi connectivity index (χ3v) is 6.33. The van der Waals surface area contributed by atoms with Crippen LogP contribution in [0.2, 0.25) is 5.02 Å². The number of thioether (sulfide) groups is 1. The second kappa shape index (κ2) is 8.41. The van der Waals surface area contributed by atoms with Crippen LogP contribution in [-0.4, -0.2) is 36.3 Å². The topological polar surface area (TPSA) is 40.6 Å². The van der Waals surface area contributed by atoms with Crippen molar-refractivity contribution < 1.29 is 9.59 Å². The first-order chi connectivity index (χ1) is 13.6. The second-order valence-electron chi connectivity index (χ2n) is 6.96. The molecule has 4 nitrogen and oxygen atoms in total. The molecule has 0 saturated carbocycles. The van der Waals surface area contributed by atoms with Crippen molar-refractivity contribution >= 4 is 46.9 Å². The molecule has 2 amide bonds. The summed E-state index contributed by atoms with van der Waals surface area (Å²) in [6, 6.07) is 15.1. The van der Waals surface area contributed by atoms with Gasteiger partial charge in [-0.05, 0) is 55.2 Å². The molecule has 6 heteroatoms. The van der Waals surface area contributed by atoms with Gasteiger partial charge in [-0.2, -0.15) is 0 Å². The summed E-state index contributed by atoms with van der Waals surface area (Å²) >= 11 is 7.40. The zero-order valence-corrected chi connectivity index (χ0v) is 17.0. The van der Waals surface area contributed by atoms with Gasteiger partial charge in [0.1, 0.15) is 6.54 Å². The minimum atomic E-state index is -0.135. The van der Waals surface area contributed by atoms with Gasteiger partial charge in [0, 0.05) is 23.0 Å². The Kier molecular flexibility index (Phi) is 5.74. The number of amides is 2. The molecular weight excluding hydrogens is 392 g/mol. The summed E-state index contributed by atoms with van der Waals surface area (Å²) in [6.45, 7) is 1.64. The molecule has 28 heavy (non-hydrogen) atoms. The lowest BCUT2D eigenvalue weighted by molar-refractivity contribution is -0.131. The first kappa shape index (κ1) is 19.1. The van der Waals surface area contributed by atoms with Gasteiger partial charge in [0.15, 0.2) is 0 Å². The number of nitrogens with zero attached hydrogens (tertiary/aromatic N) is 2. The minimum Gasteiger partial charge on any atom is -0.341 e. The maximum atomic E-state index is 13.2. The Morgan fingerprint density at radius 3 is 2.50 bits per heavy atom. The Labute approximate surface area is 174 Å². The number of anilines is 1. The van der Waals surface area contributed by atoms with E-state index in [1.165, 1.54) is 18.2 Å². The summed E-state index contributed by atoms with van der Waals surface area (Å²) in [5.74, 6) is -0.121. The van der Waals surface area contributed by atoms with Crippen LogP contribution in [0, 0.1) is 0 Å². The van der Waals surface area contributed by atoms with Crippen LogP contribution in [0.1, 0.15) is 24.8 Å². The minimum absolute atomic E-state index is 0.0144. The Balaban J connectivity index is 1.63. The van der Waals surface area contributed by atoms with E-state index in [2.05, 4.69) is 0 Å². The van der Waals surface area contributed by atoms with Crippen molar-refractivity contribution in [3.8, 4) is 0 Å². The highest BCUT2D eigenvalue weighted by Gasteiger charge is 2.31. The summed E-state index contributed by atoms with van der Waals surface area (Å²) in [6.07, 6.45) is 5.10. The standard InChI is InChI=1S/C22H21ClN2O2S/c23-17-10-8-16(9-11-17)14-20-22(27)25(18-6-2-3-7-19(18)28-20)15-21(26)24-12-4-1-5-13-24/h2-3,6-11,14H,1,4-5,12-13,15H2/b20-14+. The first-order valence-corrected chi connectivity index (χ1v) is 10.6. The van der Waals surface area contributed by atoms with Gasteiger partial charge in [-0.15, -0.1) is 0 Å². The molecule has 0 radical (unpaired) electrons. The lowest BCUT2D eigenvalue weighted by Gasteiger charge is -2.33. The van der Waals surface area contributed by atoms with Crippen molar-refractivity contribution in [2.75, 3.05) is 24.5 Å². The van der Waals surface area contributed by atoms with Crippen molar-refractivity contribution in [1.29, 1.82) is 0 Å². The monoisotopic (exact) mass is 412 g/mol. The average Bonchev–Trinajstić information content (AvgIpc) is 2.73. The Morgan fingerprint density at radius 2 is 1.75 bits per heavy atom. The zero-order chi connectivity index (χ0) is 19.5. The van der Waals surface area contributed by atoms with E-state index in [4.69, 9.17) is 11.6 Å². The van der Waals surface area contributed by atoms with Gasteiger partial charge in [-0.3, -0.25) is 14.5 Å². The number of para-hydroxylation sites is 1. The van der Waals surface area contributed by atoms with E-state index >= 15 is 0 Å². The van der Waals surface area contributed by atoms with Gasteiger partial charge in [-0.25, -0.2) is 0 Å². The molecule has 1 saturated heterocycles. The molecule has 0 spiro atoms. The number of likely N-dealkylation sites (tertiary alicyclic amines) is 1. The highest BCUT2D eigenvalue weighted by Crippen LogP contribution is 2.42. The number of carbonyl (C=O) groups is 2. The molecule has 2 aliphatic rings. The van der Waals surface area contributed by atoms with Gasteiger partial charge < -0.3 is 4.90 Å². The van der Waals surface area contributed by atoms with E-state index in [0.717, 1.165) is 42.1 Å². The zero-order valence-electron chi connectivity index (χ0n) is 15.4. The number of hydrogen-bond acceptors (Lipinski definition) is 3. The number of benzene rings is 2. The highest BCUT2D eigenvalue weighted by molar-refractivity contribution is 8.04. The number of rotatable bonds is 3. The highest BCUT2D eigenvalue weighted by atomic mass is 35.5. The number of piperidine rings is 1. The maximum absolute atomic E-state index is 13.2. The molecule has 2 aromatic carbocycles.